The van der Waals surface area contributed by atoms with Gasteiger partial charge in [-0.3, -0.25) is 4.79 Å². The molecular weight excluding hydrogens is 370 g/mol. The van der Waals surface area contributed by atoms with Crippen molar-refractivity contribution < 1.29 is 22.4 Å². The van der Waals surface area contributed by atoms with Crippen LogP contribution in [0.5, 0.6) is 0 Å². The molecule has 0 saturated heterocycles. The molecule has 0 spiro atoms. The first-order valence-electron chi connectivity index (χ1n) is 7.42. The number of alkyl halides is 3. The lowest BCUT2D eigenvalue weighted by atomic mass is 10.1. The van der Waals surface area contributed by atoms with Crippen molar-refractivity contribution in [2.45, 2.75) is 19.1 Å². The summed E-state index contributed by atoms with van der Waals surface area (Å²) in [6.45, 7) is 1.76. The van der Waals surface area contributed by atoms with E-state index in [9.17, 15) is 22.4 Å². The smallest absolute Gasteiger partial charge is 0.366 e. The second-order valence-electron chi connectivity index (χ2n) is 5.49. The van der Waals surface area contributed by atoms with Gasteiger partial charge in [0.05, 0.1) is 17.2 Å². The number of carbonyl (C=O) groups is 1. The SMILES string of the molecule is CC(NC(=S)Nc1ccc(C(N)=O)c(C(F)(F)F)c1)c1ccc(F)cc1. The Bertz CT molecular complexity index is 822. The lowest BCUT2D eigenvalue weighted by molar-refractivity contribution is -0.137. The average molecular weight is 385 g/mol. The number of amides is 1. The quantitative estimate of drug-likeness (QED) is 0.550. The van der Waals surface area contributed by atoms with Crippen molar-refractivity contribution in [2.75, 3.05) is 5.32 Å². The first-order chi connectivity index (χ1) is 12.1. The highest BCUT2D eigenvalue weighted by Gasteiger charge is 2.35. The van der Waals surface area contributed by atoms with E-state index in [-0.39, 0.29) is 22.7 Å². The Morgan fingerprint density at radius 1 is 1.15 bits per heavy atom. The molecule has 0 aliphatic heterocycles. The van der Waals surface area contributed by atoms with Crippen molar-refractivity contribution in [1.29, 1.82) is 0 Å². The van der Waals surface area contributed by atoms with Gasteiger partial charge in [-0.25, -0.2) is 4.39 Å². The van der Waals surface area contributed by atoms with E-state index >= 15 is 0 Å². The normalized spacial score (nSPS) is 12.3. The summed E-state index contributed by atoms with van der Waals surface area (Å²) in [5.74, 6) is -1.55. The van der Waals surface area contributed by atoms with Gasteiger partial charge in [0.1, 0.15) is 5.82 Å². The number of nitrogens with one attached hydrogen (secondary N) is 2. The van der Waals surface area contributed by atoms with Crippen LogP contribution >= 0.6 is 12.2 Å². The van der Waals surface area contributed by atoms with Crippen LogP contribution in [0.4, 0.5) is 23.2 Å². The van der Waals surface area contributed by atoms with Crippen LogP contribution < -0.4 is 16.4 Å². The molecule has 1 unspecified atom stereocenters. The molecule has 4 nitrogen and oxygen atoms in total. The summed E-state index contributed by atoms with van der Waals surface area (Å²) in [5, 5.41) is 5.58. The third-order valence-corrected chi connectivity index (χ3v) is 3.79. The summed E-state index contributed by atoms with van der Waals surface area (Å²) in [6, 6.07) is 8.44. The van der Waals surface area contributed by atoms with E-state index in [0.29, 0.717) is 0 Å². The molecule has 0 bridgehead atoms. The molecule has 1 atom stereocenters. The molecule has 2 rings (SSSR count). The number of hydrogen-bond acceptors (Lipinski definition) is 2. The van der Waals surface area contributed by atoms with Crippen molar-refractivity contribution in [2.24, 2.45) is 5.73 Å². The molecule has 2 aromatic carbocycles. The zero-order valence-corrected chi connectivity index (χ0v) is 14.3. The van der Waals surface area contributed by atoms with E-state index in [1.165, 1.54) is 18.2 Å². The summed E-state index contributed by atoms with van der Waals surface area (Å²) >= 11 is 5.09. The fourth-order valence-electron chi connectivity index (χ4n) is 2.27. The molecule has 26 heavy (non-hydrogen) atoms. The fourth-order valence-corrected chi connectivity index (χ4v) is 2.56. The molecule has 4 N–H and O–H groups in total. The van der Waals surface area contributed by atoms with Gasteiger partial charge in [-0.1, -0.05) is 12.1 Å². The molecule has 138 valence electrons. The number of hydrogen-bond donors (Lipinski definition) is 3. The van der Waals surface area contributed by atoms with Crippen LogP contribution in [0.1, 0.15) is 34.5 Å². The molecule has 0 heterocycles. The number of halogens is 4. The van der Waals surface area contributed by atoms with E-state index in [0.717, 1.165) is 17.7 Å². The lowest BCUT2D eigenvalue weighted by Gasteiger charge is -2.18. The predicted molar refractivity (Wildman–Crippen MR) is 94.1 cm³/mol. The number of primary amides is 1. The van der Waals surface area contributed by atoms with Crippen LogP contribution in [0.3, 0.4) is 0 Å². The van der Waals surface area contributed by atoms with E-state index in [2.05, 4.69) is 10.6 Å². The maximum absolute atomic E-state index is 13.1. The second-order valence-corrected chi connectivity index (χ2v) is 5.90. The summed E-state index contributed by atoms with van der Waals surface area (Å²) in [4.78, 5) is 11.2. The van der Waals surface area contributed by atoms with E-state index < -0.39 is 23.2 Å². The van der Waals surface area contributed by atoms with Crippen LogP contribution in [0.2, 0.25) is 0 Å². The molecule has 1 amide bonds. The predicted octanol–water partition coefficient (Wildman–Crippen LogP) is 3.99. The molecule has 0 radical (unpaired) electrons. The maximum Gasteiger partial charge on any atom is 0.417 e. The van der Waals surface area contributed by atoms with Crippen molar-refractivity contribution in [3.05, 3.63) is 65.0 Å². The highest BCUT2D eigenvalue weighted by molar-refractivity contribution is 7.80. The lowest BCUT2D eigenvalue weighted by Crippen LogP contribution is -2.31. The zero-order chi connectivity index (χ0) is 19.5. The Morgan fingerprint density at radius 3 is 2.31 bits per heavy atom. The molecule has 0 aliphatic rings. The summed E-state index contributed by atoms with van der Waals surface area (Å²) in [7, 11) is 0. The molecule has 0 aromatic heterocycles. The molecule has 9 heteroatoms. The molecule has 0 aliphatic carbocycles. The van der Waals surface area contributed by atoms with Gasteiger partial charge in [0.15, 0.2) is 5.11 Å². The number of anilines is 1. The molecule has 0 fully saturated rings. The van der Waals surface area contributed by atoms with Gasteiger partial charge in [0.25, 0.3) is 0 Å². The van der Waals surface area contributed by atoms with E-state index in [1.807, 2.05) is 0 Å². The second kappa shape index (κ2) is 7.69. The van der Waals surface area contributed by atoms with Crippen LogP contribution in [0.25, 0.3) is 0 Å². The van der Waals surface area contributed by atoms with Crippen molar-refractivity contribution in [3.63, 3.8) is 0 Å². The van der Waals surface area contributed by atoms with Crippen molar-refractivity contribution >= 4 is 28.9 Å². The van der Waals surface area contributed by atoms with Gasteiger partial charge in [-0.2, -0.15) is 13.2 Å². The van der Waals surface area contributed by atoms with Crippen LogP contribution in [0.15, 0.2) is 42.5 Å². The van der Waals surface area contributed by atoms with Gasteiger partial charge in [-0.15, -0.1) is 0 Å². The zero-order valence-electron chi connectivity index (χ0n) is 13.5. The van der Waals surface area contributed by atoms with Crippen LogP contribution in [-0.2, 0) is 6.18 Å². The number of nitrogens with two attached hydrogens (primary N) is 1. The minimum atomic E-state index is -4.74. The summed E-state index contributed by atoms with van der Waals surface area (Å²) in [5.41, 5.74) is 4.00. The van der Waals surface area contributed by atoms with Crippen LogP contribution in [-0.4, -0.2) is 11.0 Å². The van der Waals surface area contributed by atoms with Gasteiger partial charge in [-0.05, 0) is 55.0 Å². The minimum Gasteiger partial charge on any atom is -0.366 e. The average Bonchev–Trinajstić information content (AvgIpc) is 2.54. The summed E-state index contributed by atoms with van der Waals surface area (Å²) in [6.07, 6.45) is -4.74. The van der Waals surface area contributed by atoms with Gasteiger partial charge in [0.2, 0.25) is 5.91 Å². The number of thiocarbonyl (C=S) groups is 1. The van der Waals surface area contributed by atoms with Gasteiger partial charge >= 0.3 is 6.18 Å². The number of rotatable bonds is 4. The third kappa shape index (κ3) is 4.92. The standard InChI is InChI=1S/C17H15F4N3OS/c1-9(10-2-4-11(18)5-3-10)23-16(26)24-12-6-7-13(15(22)25)14(8-12)17(19,20)21/h2-9H,1H3,(H2,22,25)(H2,23,24,26). The largest absolute Gasteiger partial charge is 0.417 e. The van der Waals surface area contributed by atoms with Gasteiger partial charge in [0, 0.05) is 5.69 Å². The Kier molecular flexibility index (Phi) is 5.81. The Labute approximate surface area is 152 Å². The Morgan fingerprint density at radius 2 is 1.77 bits per heavy atom. The van der Waals surface area contributed by atoms with E-state index in [4.69, 9.17) is 18.0 Å². The third-order valence-electron chi connectivity index (χ3n) is 3.57. The number of benzene rings is 2. The Hall–Kier alpha value is -2.68. The topological polar surface area (TPSA) is 67.2 Å². The van der Waals surface area contributed by atoms with Crippen molar-refractivity contribution in [1.82, 2.24) is 5.32 Å². The minimum absolute atomic E-state index is 0.0473. The van der Waals surface area contributed by atoms with E-state index in [1.54, 1.807) is 19.1 Å². The highest BCUT2D eigenvalue weighted by Crippen LogP contribution is 2.33. The van der Waals surface area contributed by atoms with Crippen LogP contribution in [0, 0.1) is 5.82 Å². The fraction of sp³-hybridized carbons (Fsp3) is 0.176. The summed E-state index contributed by atoms with van der Waals surface area (Å²) < 4.78 is 52.2. The Balaban J connectivity index is 2.13. The number of carbonyl (C=O) groups excluding carboxylic acids is 1. The monoisotopic (exact) mass is 385 g/mol. The molecule has 2 aromatic rings. The maximum atomic E-state index is 13.1. The van der Waals surface area contributed by atoms with Crippen molar-refractivity contribution in [3.8, 4) is 0 Å². The highest BCUT2D eigenvalue weighted by atomic mass is 32.1. The first kappa shape index (κ1) is 19.6. The first-order valence-corrected chi connectivity index (χ1v) is 7.83. The molecule has 0 saturated carbocycles. The van der Waals surface area contributed by atoms with Gasteiger partial charge < -0.3 is 16.4 Å². The molecular formula is C17H15F4N3OS.